The number of nitrogens with zero attached hydrogens (tertiary/aromatic N) is 1. The minimum absolute atomic E-state index is 0.111. The van der Waals surface area contributed by atoms with Gasteiger partial charge in [0.15, 0.2) is 6.54 Å². The molecule has 1 atom stereocenters. The minimum Gasteiger partial charge on any atom is -0.379 e. The van der Waals surface area contributed by atoms with Gasteiger partial charge < -0.3 is 15.0 Å². The van der Waals surface area contributed by atoms with E-state index in [0.717, 1.165) is 11.4 Å². The van der Waals surface area contributed by atoms with Gasteiger partial charge in [0.1, 0.15) is 6.54 Å². The molecule has 0 saturated carbocycles. The number of sulfonamides is 1. The summed E-state index contributed by atoms with van der Waals surface area (Å²) in [5.74, 6) is -0.111. The van der Waals surface area contributed by atoms with Crippen LogP contribution in [0.15, 0.2) is 53.4 Å². The molecule has 1 aliphatic heterocycles. The molecular weight excluding hydrogens is 390 g/mol. The second-order valence-corrected chi connectivity index (χ2v) is 9.26. The molecule has 1 aliphatic rings. The molecule has 1 heterocycles. The summed E-state index contributed by atoms with van der Waals surface area (Å²) in [6.45, 7) is 4.68. The van der Waals surface area contributed by atoms with Crippen molar-refractivity contribution in [3.05, 3.63) is 59.7 Å². The summed E-state index contributed by atoms with van der Waals surface area (Å²) < 4.78 is 31.9. The summed E-state index contributed by atoms with van der Waals surface area (Å²) in [5.41, 5.74) is 3.01. The Bertz CT molecular complexity index is 939. The number of likely N-dealkylation sites (N-methyl/N-ethyl adjacent to an activating group) is 1. The molecule has 2 aromatic rings. The number of hydrogen-bond acceptors (Lipinski definition) is 4. The predicted octanol–water partition coefficient (Wildman–Crippen LogP) is 0.669. The van der Waals surface area contributed by atoms with Crippen molar-refractivity contribution >= 4 is 21.6 Å². The Kier molecular flexibility index (Phi) is 7.02. The summed E-state index contributed by atoms with van der Waals surface area (Å²) in [4.78, 5) is 13.6. The van der Waals surface area contributed by atoms with Crippen LogP contribution in [0.25, 0.3) is 0 Å². The number of benzene rings is 2. The zero-order chi connectivity index (χ0) is 20.9. The van der Waals surface area contributed by atoms with E-state index in [2.05, 4.69) is 24.4 Å². The molecule has 3 rings (SSSR count). The Morgan fingerprint density at radius 2 is 1.76 bits per heavy atom. The largest absolute Gasteiger partial charge is 0.379 e. The Labute approximate surface area is 172 Å². The summed E-state index contributed by atoms with van der Waals surface area (Å²) in [6, 6.07) is 14.5. The van der Waals surface area contributed by atoms with Gasteiger partial charge in [-0.2, -0.15) is 4.31 Å². The van der Waals surface area contributed by atoms with E-state index in [1.165, 1.54) is 27.6 Å². The maximum atomic E-state index is 12.6. The zero-order valence-corrected chi connectivity index (χ0v) is 17.7. The van der Waals surface area contributed by atoms with Crippen molar-refractivity contribution in [1.29, 1.82) is 0 Å². The summed E-state index contributed by atoms with van der Waals surface area (Å²) in [5, 5.41) is 2.84. The molecule has 7 nitrogen and oxygen atoms in total. The van der Waals surface area contributed by atoms with Crippen LogP contribution in [0.4, 0.5) is 5.69 Å². The highest BCUT2D eigenvalue weighted by molar-refractivity contribution is 7.89. The van der Waals surface area contributed by atoms with E-state index in [9.17, 15) is 13.2 Å². The third kappa shape index (κ3) is 5.63. The van der Waals surface area contributed by atoms with Gasteiger partial charge in [0.25, 0.3) is 5.91 Å². The van der Waals surface area contributed by atoms with Crippen molar-refractivity contribution in [2.75, 3.05) is 45.2 Å². The Morgan fingerprint density at radius 3 is 2.41 bits per heavy atom. The lowest BCUT2D eigenvalue weighted by Gasteiger charge is -2.26. The number of ether oxygens (including phenoxy) is 1. The van der Waals surface area contributed by atoms with E-state index in [1.54, 1.807) is 12.1 Å². The van der Waals surface area contributed by atoms with Crippen molar-refractivity contribution in [2.24, 2.45) is 0 Å². The van der Waals surface area contributed by atoms with Crippen molar-refractivity contribution in [3.8, 4) is 0 Å². The Hall–Kier alpha value is -2.26. The number of carbonyl (C=O) groups is 1. The molecular formula is C21H28N3O4S+. The first-order chi connectivity index (χ1) is 13.9. The van der Waals surface area contributed by atoms with Gasteiger partial charge >= 0.3 is 0 Å². The molecule has 0 aromatic heterocycles. The number of quaternary nitrogens is 1. The van der Waals surface area contributed by atoms with Crippen LogP contribution in [0, 0.1) is 6.92 Å². The third-order valence-electron chi connectivity index (χ3n) is 4.96. The van der Waals surface area contributed by atoms with Crippen LogP contribution < -0.4 is 10.2 Å². The van der Waals surface area contributed by atoms with Gasteiger partial charge in [-0.05, 0) is 36.8 Å². The highest BCUT2D eigenvalue weighted by Gasteiger charge is 2.26. The van der Waals surface area contributed by atoms with E-state index >= 15 is 0 Å². The topological polar surface area (TPSA) is 80.2 Å². The number of hydrogen-bond donors (Lipinski definition) is 2. The Balaban J connectivity index is 1.56. The van der Waals surface area contributed by atoms with Gasteiger partial charge in [-0.15, -0.1) is 0 Å². The smallest absolute Gasteiger partial charge is 0.279 e. The average Bonchev–Trinajstić information content (AvgIpc) is 2.70. The van der Waals surface area contributed by atoms with E-state index in [-0.39, 0.29) is 10.8 Å². The number of anilines is 1. The maximum absolute atomic E-state index is 12.6. The average molecular weight is 419 g/mol. The number of amides is 1. The van der Waals surface area contributed by atoms with Gasteiger partial charge in [0, 0.05) is 24.3 Å². The zero-order valence-electron chi connectivity index (χ0n) is 16.8. The first-order valence-corrected chi connectivity index (χ1v) is 11.1. The molecule has 1 fully saturated rings. The first kappa shape index (κ1) is 21.4. The molecule has 156 valence electrons. The van der Waals surface area contributed by atoms with Crippen LogP contribution in [0.1, 0.15) is 11.1 Å². The van der Waals surface area contributed by atoms with Crippen molar-refractivity contribution in [2.45, 2.75) is 18.4 Å². The normalized spacial score (nSPS) is 16.3. The van der Waals surface area contributed by atoms with E-state index in [0.29, 0.717) is 38.5 Å². The summed E-state index contributed by atoms with van der Waals surface area (Å²) in [7, 11) is -1.55. The first-order valence-electron chi connectivity index (χ1n) is 9.70. The van der Waals surface area contributed by atoms with Gasteiger partial charge in [-0.25, -0.2) is 8.42 Å². The fraction of sp³-hybridized carbons (Fsp3) is 0.381. The third-order valence-corrected chi connectivity index (χ3v) is 6.87. The molecule has 0 bridgehead atoms. The van der Waals surface area contributed by atoms with Gasteiger partial charge in [-0.1, -0.05) is 24.3 Å². The van der Waals surface area contributed by atoms with Crippen LogP contribution in [0.5, 0.6) is 0 Å². The van der Waals surface area contributed by atoms with Gasteiger partial charge in [0.05, 0.1) is 25.2 Å². The second-order valence-electron chi connectivity index (χ2n) is 7.33. The lowest BCUT2D eigenvalue weighted by atomic mass is 10.1. The number of nitrogens with one attached hydrogen (secondary N) is 2. The molecule has 1 saturated heterocycles. The molecule has 29 heavy (non-hydrogen) atoms. The summed E-state index contributed by atoms with van der Waals surface area (Å²) >= 11 is 0. The molecule has 2 aromatic carbocycles. The Morgan fingerprint density at radius 1 is 1.10 bits per heavy atom. The molecule has 2 N–H and O–H groups in total. The van der Waals surface area contributed by atoms with E-state index < -0.39 is 10.0 Å². The molecule has 8 heteroatoms. The van der Waals surface area contributed by atoms with Crippen LogP contribution in [-0.2, 0) is 26.1 Å². The SMILES string of the molecule is Cc1ccccc1C[NH+](C)CC(=O)Nc1ccc(S(=O)(=O)N2CCOCC2)cc1. The van der Waals surface area contributed by atoms with Crippen molar-refractivity contribution < 1.29 is 22.8 Å². The van der Waals surface area contributed by atoms with Crippen molar-refractivity contribution in [1.82, 2.24) is 4.31 Å². The molecule has 0 aliphatic carbocycles. The lowest BCUT2D eigenvalue weighted by Crippen LogP contribution is -3.08. The van der Waals surface area contributed by atoms with Crippen molar-refractivity contribution in [3.63, 3.8) is 0 Å². The van der Waals surface area contributed by atoms with E-state index in [4.69, 9.17) is 4.74 Å². The molecule has 0 spiro atoms. The van der Waals surface area contributed by atoms with Crippen LogP contribution in [0.3, 0.4) is 0 Å². The van der Waals surface area contributed by atoms with Crippen LogP contribution >= 0.6 is 0 Å². The van der Waals surface area contributed by atoms with E-state index in [1.807, 2.05) is 19.2 Å². The second kappa shape index (κ2) is 9.49. The van der Waals surface area contributed by atoms with Gasteiger partial charge in [-0.3, -0.25) is 4.79 Å². The molecule has 1 amide bonds. The lowest BCUT2D eigenvalue weighted by molar-refractivity contribution is -0.885. The monoisotopic (exact) mass is 418 g/mol. The predicted molar refractivity (Wildman–Crippen MR) is 111 cm³/mol. The number of rotatable bonds is 7. The fourth-order valence-corrected chi connectivity index (χ4v) is 4.73. The number of morpholine rings is 1. The van der Waals surface area contributed by atoms with Gasteiger partial charge in [0.2, 0.25) is 10.0 Å². The quantitative estimate of drug-likeness (QED) is 0.693. The minimum atomic E-state index is -3.53. The fourth-order valence-electron chi connectivity index (χ4n) is 3.32. The highest BCUT2D eigenvalue weighted by atomic mass is 32.2. The molecule has 0 radical (unpaired) electrons. The maximum Gasteiger partial charge on any atom is 0.279 e. The number of aryl methyl sites for hydroxylation is 1. The molecule has 1 unspecified atom stereocenters. The standard InChI is InChI=1S/C21H27N3O4S/c1-17-5-3-4-6-18(17)15-23(2)16-21(25)22-19-7-9-20(10-8-19)29(26,27)24-11-13-28-14-12-24/h3-10H,11-16H2,1-2H3,(H,22,25)/p+1. The highest BCUT2D eigenvalue weighted by Crippen LogP contribution is 2.19. The van der Waals surface area contributed by atoms with Crippen LogP contribution in [0.2, 0.25) is 0 Å². The summed E-state index contributed by atoms with van der Waals surface area (Å²) in [6.07, 6.45) is 0. The van der Waals surface area contributed by atoms with Crippen LogP contribution in [-0.4, -0.2) is 58.5 Å². The number of carbonyl (C=O) groups excluding carboxylic acids is 1.